The van der Waals surface area contributed by atoms with Crippen LogP contribution in [0.2, 0.25) is 0 Å². The molecule has 2 rings (SSSR count). The zero-order valence-corrected chi connectivity index (χ0v) is 15.6. The van der Waals surface area contributed by atoms with Gasteiger partial charge in [0, 0.05) is 5.92 Å². The van der Waals surface area contributed by atoms with E-state index in [0.717, 1.165) is 18.4 Å². The van der Waals surface area contributed by atoms with E-state index < -0.39 is 0 Å². The summed E-state index contributed by atoms with van der Waals surface area (Å²) >= 11 is 0. The average Bonchev–Trinajstić information content (AvgIpc) is 2.92. The number of likely N-dealkylation sites (tertiary alicyclic amines) is 1. The predicted molar refractivity (Wildman–Crippen MR) is 98.0 cm³/mol. The molecule has 3 heteroatoms. The van der Waals surface area contributed by atoms with Gasteiger partial charge in [-0.05, 0) is 56.8 Å². The lowest BCUT2D eigenvalue weighted by Gasteiger charge is -2.30. The maximum absolute atomic E-state index is 4.45. The molecule has 0 aromatic carbocycles. The molecule has 128 valence electrons. The SMILES string of the molecule is CC.CC1C=N[N+](CC2CCN(CCCCC(C)C)CC2)=C1. The van der Waals surface area contributed by atoms with Crippen molar-refractivity contribution >= 4 is 12.4 Å². The number of hydrogen-bond donors (Lipinski definition) is 0. The Morgan fingerprint density at radius 2 is 1.86 bits per heavy atom. The lowest BCUT2D eigenvalue weighted by molar-refractivity contribution is -0.534. The van der Waals surface area contributed by atoms with Gasteiger partial charge >= 0.3 is 0 Å². The van der Waals surface area contributed by atoms with Gasteiger partial charge in [-0.1, -0.05) is 45.2 Å². The standard InChI is InChI=1S/C17H32N3.C2H6/c1-15(2)6-4-5-9-19-10-7-17(8-11-19)14-20-13-16(3)12-18-20;1-2/h12-13,15-17H,4-11,14H2,1-3H3;1-2H3/q+1;. The monoisotopic (exact) mass is 308 g/mol. The molecule has 3 nitrogen and oxygen atoms in total. The molecule has 1 atom stereocenters. The molecular formula is C19H38N3+. The van der Waals surface area contributed by atoms with Crippen LogP contribution >= 0.6 is 0 Å². The van der Waals surface area contributed by atoms with Crippen molar-refractivity contribution in [2.45, 2.75) is 66.7 Å². The van der Waals surface area contributed by atoms with Crippen LogP contribution in [0, 0.1) is 17.8 Å². The number of hydrogen-bond acceptors (Lipinski definition) is 2. The minimum Gasteiger partial charge on any atom is -0.303 e. The third-order valence-corrected chi connectivity index (χ3v) is 4.52. The van der Waals surface area contributed by atoms with Crippen LogP contribution in [-0.4, -0.2) is 48.2 Å². The van der Waals surface area contributed by atoms with Crippen LogP contribution in [0.5, 0.6) is 0 Å². The Balaban J connectivity index is 0.00000116. The summed E-state index contributed by atoms with van der Waals surface area (Å²) in [6, 6.07) is 0. The highest BCUT2D eigenvalue weighted by Crippen LogP contribution is 2.19. The van der Waals surface area contributed by atoms with Gasteiger partial charge in [-0.2, -0.15) is 0 Å². The van der Waals surface area contributed by atoms with E-state index in [2.05, 4.69) is 41.7 Å². The summed E-state index contributed by atoms with van der Waals surface area (Å²) in [6.07, 6.45) is 11.1. The maximum Gasteiger partial charge on any atom is 0.181 e. The number of piperidine rings is 1. The second kappa shape index (κ2) is 10.9. The Labute approximate surface area is 138 Å². The van der Waals surface area contributed by atoms with Crippen LogP contribution in [0.1, 0.15) is 66.7 Å². The van der Waals surface area contributed by atoms with Crippen molar-refractivity contribution in [2.75, 3.05) is 26.2 Å². The second-order valence-electron chi connectivity index (χ2n) is 7.07. The van der Waals surface area contributed by atoms with Crippen LogP contribution in [0.4, 0.5) is 0 Å². The van der Waals surface area contributed by atoms with Crippen molar-refractivity contribution < 1.29 is 4.68 Å². The maximum atomic E-state index is 4.45. The minimum absolute atomic E-state index is 0.524. The van der Waals surface area contributed by atoms with E-state index in [-0.39, 0.29) is 0 Å². The summed E-state index contributed by atoms with van der Waals surface area (Å²) in [4.78, 5) is 2.66. The zero-order valence-electron chi connectivity index (χ0n) is 15.6. The molecule has 0 N–H and O–H groups in total. The second-order valence-corrected chi connectivity index (χ2v) is 7.07. The Morgan fingerprint density at radius 3 is 2.41 bits per heavy atom. The Morgan fingerprint density at radius 1 is 1.18 bits per heavy atom. The van der Waals surface area contributed by atoms with E-state index >= 15 is 0 Å². The number of rotatable bonds is 7. The van der Waals surface area contributed by atoms with Crippen LogP contribution in [0.3, 0.4) is 0 Å². The first-order chi connectivity index (χ1) is 10.6. The number of hydrazone groups is 1. The highest BCUT2D eigenvalue weighted by Gasteiger charge is 2.24. The van der Waals surface area contributed by atoms with Crippen molar-refractivity contribution in [1.29, 1.82) is 0 Å². The Hall–Kier alpha value is -0.700. The first kappa shape index (κ1) is 19.3. The van der Waals surface area contributed by atoms with Crippen molar-refractivity contribution in [3.8, 4) is 0 Å². The van der Waals surface area contributed by atoms with E-state index in [0.29, 0.717) is 5.92 Å². The van der Waals surface area contributed by atoms with Gasteiger partial charge in [0.25, 0.3) is 0 Å². The van der Waals surface area contributed by atoms with E-state index in [1.807, 2.05) is 20.1 Å². The van der Waals surface area contributed by atoms with Crippen molar-refractivity contribution in [1.82, 2.24) is 4.90 Å². The summed E-state index contributed by atoms with van der Waals surface area (Å²) in [5.41, 5.74) is 0. The topological polar surface area (TPSA) is 18.6 Å². The lowest BCUT2D eigenvalue weighted by Crippen LogP contribution is -2.36. The molecule has 0 spiro atoms. The molecule has 1 unspecified atom stereocenters. The first-order valence-corrected chi connectivity index (χ1v) is 9.51. The van der Waals surface area contributed by atoms with Gasteiger partial charge in [0.1, 0.15) is 0 Å². The molecule has 2 aliphatic rings. The van der Waals surface area contributed by atoms with Crippen LogP contribution in [0.15, 0.2) is 5.10 Å². The highest BCUT2D eigenvalue weighted by atomic mass is 15.4. The van der Waals surface area contributed by atoms with E-state index in [9.17, 15) is 0 Å². The average molecular weight is 309 g/mol. The van der Waals surface area contributed by atoms with Crippen LogP contribution < -0.4 is 0 Å². The molecule has 1 fully saturated rings. The van der Waals surface area contributed by atoms with Crippen molar-refractivity contribution in [2.24, 2.45) is 22.9 Å². The highest BCUT2D eigenvalue weighted by molar-refractivity contribution is 5.82. The molecule has 0 bridgehead atoms. The van der Waals surface area contributed by atoms with E-state index in [4.69, 9.17) is 0 Å². The van der Waals surface area contributed by atoms with Gasteiger partial charge < -0.3 is 4.90 Å². The molecule has 0 amide bonds. The van der Waals surface area contributed by atoms with E-state index in [1.54, 1.807) is 0 Å². The van der Waals surface area contributed by atoms with Gasteiger partial charge in [0.15, 0.2) is 12.8 Å². The summed E-state index contributed by atoms with van der Waals surface area (Å²) in [7, 11) is 0. The van der Waals surface area contributed by atoms with Gasteiger partial charge in [-0.25, -0.2) is 0 Å². The van der Waals surface area contributed by atoms with Gasteiger partial charge in [0.2, 0.25) is 0 Å². The molecule has 0 aliphatic carbocycles. The summed E-state index contributed by atoms with van der Waals surface area (Å²) in [6.45, 7) is 15.9. The fourth-order valence-electron chi connectivity index (χ4n) is 3.19. The summed E-state index contributed by atoms with van der Waals surface area (Å²) in [5, 5.41) is 4.45. The predicted octanol–water partition coefficient (Wildman–Crippen LogP) is 4.27. The Bertz CT molecular complexity index is 339. The molecule has 0 saturated carbocycles. The van der Waals surface area contributed by atoms with Gasteiger partial charge in [0.05, 0.1) is 12.1 Å². The smallest absolute Gasteiger partial charge is 0.181 e. The molecule has 0 radical (unpaired) electrons. The fourth-order valence-corrected chi connectivity index (χ4v) is 3.19. The Kier molecular flexibility index (Phi) is 9.61. The van der Waals surface area contributed by atoms with Gasteiger partial charge in [-0.15, -0.1) is 0 Å². The van der Waals surface area contributed by atoms with Crippen molar-refractivity contribution in [3.05, 3.63) is 0 Å². The molecule has 22 heavy (non-hydrogen) atoms. The summed E-state index contributed by atoms with van der Waals surface area (Å²) in [5.74, 6) is 2.22. The lowest BCUT2D eigenvalue weighted by atomic mass is 9.96. The fraction of sp³-hybridized carbons (Fsp3) is 0.895. The van der Waals surface area contributed by atoms with Crippen LogP contribution in [0.25, 0.3) is 0 Å². The third kappa shape index (κ3) is 7.53. The molecule has 2 heterocycles. The van der Waals surface area contributed by atoms with E-state index in [1.165, 1.54) is 51.7 Å². The molecule has 0 aromatic heterocycles. The number of unbranched alkanes of at least 4 members (excludes halogenated alkanes) is 1. The number of nitrogens with zero attached hydrogens (tertiary/aromatic N) is 3. The normalized spacial score (nSPS) is 22.6. The third-order valence-electron chi connectivity index (χ3n) is 4.52. The molecular weight excluding hydrogens is 270 g/mol. The quantitative estimate of drug-likeness (QED) is 0.507. The molecule has 1 saturated heterocycles. The molecule has 0 aromatic rings. The van der Waals surface area contributed by atoms with Gasteiger partial charge in [-0.3, -0.25) is 0 Å². The first-order valence-electron chi connectivity index (χ1n) is 9.51. The van der Waals surface area contributed by atoms with Crippen LogP contribution in [-0.2, 0) is 0 Å². The molecule has 2 aliphatic heterocycles. The summed E-state index contributed by atoms with van der Waals surface area (Å²) < 4.78 is 2.16. The van der Waals surface area contributed by atoms with Crippen molar-refractivity contribution in [3.63, 3.8) is 0 Å². The largest absolute Gasteiger partial charge is 0.303 e. The minimum atomic E-state index is 0.524. The zero-order chi connectivity index (χ0) is 16.4.